The largest absolute Gasteiger partial charge is 0.427 e. The first-order valence-corrected chi connectivity index (χ1v) is 9.46. The molecule has 0 bridgehead atoms. The molecule has 0 spiro atoms. The Labute approximate surface area is 144 Å². The van der Waals surface area contributed by atoms with E-state index in [-0.39, 0.29) is 11.8 Å². The number of hydrogen-bond donors (Lipinski definition) is 0. The summed E-state index contributed by atoms with van der Waals surface area (Å²) in [6.07, 6.45) is 14.1. The van der Waals surface area contributed by atoms with Gasteiger partial charge in [0.1, 0.15) is 0 Å². The summed E-state index contributed by atoms with van der Waals surface area (Å²) in [4.78, 5) is 11.4. The third-order valence-corrected chi connectivity index (χ3v) is 4.47. The van der Waals surface area contributed by atoms with Gasteiger partial charge in [0, 0.05) is 6.42 Å². The highest BCUT2D eigenvalue weighted by molar-refractivity contribution is 6.50. The number of halogens is 3. The zero-order chi connectivity index (χ0) is 16.0. The van der Waals surface area contributed by atoms with Gasteiger partial charge in [-0.3, -0.25) is 4.79 Å². The molecule has 0 aliphatic heterocycles. The molecule has 2 nitrogen and oxygen atoms in total. The lowest BCUT2D eigenvalue weighted by Crippen LogP contribution is -2.24. The summed E-state index contributed by atoms with van der Waals surface area (Å²) in [7, 11) is 0. The molecule has 0 heterocycles. The van der Waals surface area contributed by atoms with Gasteiger partial charge >= 0.3 is 5.97 Å². The highest BCUT2D eigenvalue weighted by Crippen LogP contribution is 2.25. The van der Waals surface area contributed by atoms with Crippen molar-refractivity contribution in [2.45, 2.75) is 88.5 Å². The van der Waals surface area contributed by atoms with Crippen molar-refractivity contribution in [3.63, 3.8) is 0 Å². The lowest BCUT2D eigenvalue weighted by atomic mass is 10.1. The second kappa shape index (κ2) is 14.0. The topological polar surface area (TPSA) is 26.3 Å². The molecule has 0 aliphatic carbocycles. The zero-order valence-electron chi connectivity index (χ0n) is 13.1. The Morgan fingerprint density at radius 3 is 1.71 bits per heavy atom. The zero-order valence-corrected chi connectivity index (χ0v) is 15.4. The van der Waals surface area contributed by atoms with Gasteiger partial charge in [0.05, 0.1) is 5.88 Å². The van der Waals surface area contributed by atoms with Crippen molar-refractivity contribution in [3.8, 4) is 0 Å². The molecule has 0 unspecified atom stereocenters. The third kappa shape index (κ3) is 15.0. The minimum atomic E-state index is -1.59. The maximum Gasteiger partial charge on any atom is 0.308 e. The standard InChI is InChI=1S/C16H29Cl3O2/c1-2-3-4-5-6-7-8-9-10-11-12-13-15(20)21-16(18,19)14-17/h2-14H2,1H3. The maximum absolute atomic E-state index is 11.4. The van der Waals surface area contributed by atoms with Crippen LogP contribution in [0.3, 0.4) is 0 Å². The molecular formula is C16H29Cl3O2. The van der Waals surface area contributed by atoms with E-state index in [9.17, 15) is 4.79 Å². The van der Waals surface area contributed by atoms with E-state index in [0.29, 0.717) is 6.42 Å². The molecule has 0 aromatic carbocycles. The van der Waals surface area contributed by atoms with Gasteiger partial charge < -0.3 is 4.74 Å². The van der Waals surface area contributed by atoms with Crippen molar-refractivity contribution in [2.75, 3.05) is 5.88 Å². The molecule has 0 atom stereocenters. The number of hydrogen-bond acceptors (Lipinski definition) is 2. The Balaban J connectivity index is 3.27. The fourth-order valence-electron chi connectivity index (χ4n) is 2.18. The van der Waals surface area contributed by atoms with Crippen molar-refractivity contribution in [3.05, 3.63) is 0 Å². The minimum Gasteiger partial charge on any atom is -0.427 e. The van der Waals surface area contributed by atoms with Gasteiger partial charge in [0.25, 0.3) is 4.52 Å². The van der Waals surface area contributed by atoms with E-state index >= 15 is 0 Å². The van der Waals surface area contributed by atoms with Crippen LogP contribution in [0.25, 0.3) is 0 Å². The van der Waals surface area contributed by atoms with Crippen LogP contribution in [0.15, 0.2) is 0 Å². The van der Waals surface area contributed by atoms with E-state index in [4.69, 9.17) is 39.5 Å². The summed E-state index contributed by atoms with van der Waals surface area (Å²) in [5.74, 6) is -0.503. The molecule has 21 heavy (non-hydrogen) atoms. The van der Waals surface area contributed by atoms with Gasteiger partial charge in [-0.05, 0) is 6.42 Å². The molecular weight excluding hydrogens is 331 g/mol. The molecule has 0 saturated heterocycles. The molecule has 126 valence electrons. The van der Waals surface area contributed by atoms with E-state index in [0.717, 1.165) is 12.8 Å². The SMILES string of the molecule is CCCCCCCCCCCCCC(=O)OC(Cl)(Cl)CCl. The maximum atomic E-state index is 11.4. The van der Waals surface area contributed by atoms with Gasteiger partial charge in [-0.2, -0.15) is 0 Å². The van der Waals surface area contributed by atoms with Crippen molar-refractivity contribution >= 4 is 40.8 Å². The molecule has 0 radical (unpaired) electrons. The molecule has 0 fully saturated rings. The van der Waals surface area contributed by atoms with Crippen LogP contribution in [0.4, 0.5) is 0 Å². The van der Waals surface area contributed by atoms with Crippen LogP contribution in [0.1, 0.15) is 84.0 Å². The number of carbonyl (C=O) groups is 1. The molecule has 0 saturated carbocycles. The minimum absolute atomic E-state index is 0.125. The summed E-state index contributed by atoms with van der Waals surface area (Å²) in [6, 6.07) is 0. The molecule has 5 heteroatoms. The lowest BCUT2D eigenvalue weighted by molar-refractivity contribution is -0.146. The summed E-state index contributed by atoms with van der Waals surface area (Å²) in [5, 5.41) is 0. The van der Waals surface area contributed by atoms with Crippen molar-refractivity contribution in [1.29, 1.82) is 0 Å². The predicted octanol–water partition coefficient (Wildman–Crippen LogP) is 6.60. The quantitative estimate of drug-likeness (QED) is 0.198. The Kier molecular flexibility index (Phi) is 14.2. The molecule has 0 aliphatic rings. The van der Waals surface area contributed by atoms with Crippen LogP contribution in [0, 0.1) is 0 Å². The van der Waals surface area contributed by atoms with Gasteiger partial charge in [0.2, 0.25) is 0 Å². The van der Waals surface area contributed by atoms with Crippen LogP contribution in [0.2, 0.25) is 0 Å². The Hall–Kier alpha value is 0.340. The number of ether oxygens (including phenoxy) is 1. The number of esters is 1. The van der Waals surface area contributed by atoms with Crippen molar-refractivity contribution in [1.82, 2.24) is 0 Å². The van der Waals surface area contributed by atoms with Crippen molar-refractivity contribution < 1.29 is 9.53 Å². The van der Waals surface area contributed by atoms with Gasteiger partial charge in [-0.25, -0.2) is 0 Å². The van der Waals surface area contributed by atoms with E-state index in [1.165, 1.54) is 57.8 Å². The predicted molar refractivity (Wildman–Crippen MR) is 92.3 cm³/mol. The van der Waals surface area contributed by atoms with E-state index in [1.807, 2.05) is 0 Å². The second-order valence-electron chi connectivity index (χ2n) is 5.53. The summed E-state index contributed by atoms with van der Waals surface area (Å²) >= 11 is 16.8. The molecule has 0 aromatic heterocycles. The van der Waals surface area contributed by atoms with E-state index < -0.39 is 4.52 Å². The fraction of sp³-hybridized carbons (Fsp3) is 0.938. The number of rotatable bonds is 14. The van der Waals surface area contributed by atoms with Crippen LogP contribution in [-0.4, -0.2) is 16.4 Å². The van der Waals surface area contributed by atoms with Crippen LogP contribution in [-0.2, 0) is 9.53 Å². The average molecular weight is 360 g/mol. The van der Waals surface area contributed by atoms with Crippen LogP contribution in [0.5, 0.6) is 0 Å². The van der Waals surface area contributed by atoms with Crippen LogP contribution >= 0.6 is 34.8 Å². The van der Waals surface area contributed by atoms with E-state index in [2.05, 4.69) is 6.92 Å². The monoisotopic (exact) mass is 358 g/mol. The molecule has 0 N–H and O–H groups in total. The Bertz CT molecular complexity index is 258. The normalized spacial score (nSPS) is 11.6. The highest BCUT2D eigenvalue weighted by Gasteiger charge is 2.27. The first kappa shape index (κ1) is 21.3. The van der Waals surface area contributed by atoms with Gasteiger partial charge in [0.15, 0.2) is 0 Å². The number of alkyl halides is 3. The lowest BCUT2D eigenvalue weighted by Gasteiger charge is -2.16. The van der Waals surface area contributed by atoms with Gasteiger partial charge in [-0.15, -0.1) is 11.6 Å². The molecule has 0 aromatic rings. The van der Waals surface area contributed by atoms with Crippen molar-refractivity contribution in [2.24, 2.45) is 0 Å². The van der Waals surface area contributed by atoms with Gasteiger partial charge in [-0.1, -0.05) is 94.3 Å². The molecule has 0 amide bonds. The first-order chi connectivity index (χ1) is 10.0. The second-order valence-corrected chi connectivity index (χ2v) is 7.21. The van der Waals surface area contributed by atoms with Crippen LogP contribution < -0.4 is 0 Å². The Morgan fingerprint density at radius 2 is 1.29 bits per heavy atom. The number of unbranched alkanes of at least 4 members (excludes halogenated alkanes) is 10. The smallest absolute Gasteiger partial charge is 0.308 e. The third-order valence-electron chi connectivity index (χ3n) is 3.40. The Morgan fingerprint density at radius 1 is 0.857 bits per heavy atom. The number of carbonyl (C=O) groups excluding carboxylic acids is 1. The fourth-order valence-corrected chi connectivity index (χ4v) is 2.41. The highest BCUT2D eigenvalue weighted by atomic mass is 35.5. The summed E-state index contributed by atoms with van der Waals surface area (Å²) in [5.41, 5.74) is 0. The molecule has 0 rings (SSSR count). The summed E-state index contributed by atoms with van der Waals surface area (Å²) in [6.45, 7) is 2.24. The first-order valence-electron chi connectivity index (χ1n) is 8.17. The summed E-state index contributed by atoms with van der Waals surface area (Å²) < 4.78 is 3.25. The van der Waals surface area contributed by atoms with E-state index in [1.54, 1.807) is 0 Å². The average Bonchev–Trinajstić information content (AvgIpc) is 2.44.